The maximum absolute atomic E-state index is 12.5. The second-order valence-electron chi connectivity index (χ2n) is 5.88. The maximum atomic E-state index is 12.5. The number of para-hydroxylation sites is 1. The fraction of sp³-hybridized carbons (Fsp3) is 0.100. The van der Waals surface area contributed by atoms with Gasteiger partial charge in [-0.1, -0.05) is 12.1 Å². The zero-order chi connectivity index (χ0) is 19.3. The van der Waals surface area contributed by atoms with Gasteiger partial charge in [0.05, 0.1) is 31.3 Å². The number of rotatable bonds is 6. The lowest BCUT2D eigenvalue weighted by Crippen LogP contribution is -2.24. The Morgan fingerprint density at radius 1 is 1.18 bits per heavy atom. The van der Waals surface area contributed by atoms with E-state index in [9.17, 15) is 4.79 Å². The van der Waals surface area contributed by atoms with Gasteiger partial charge in [-0.25, -0.2) is 4.98 Å². The average Bonchev–Trinajstić information content (AvgIpc) is 3.44. The number of carbonyl (C=O) groups is 1. The van der Waals surface area contributed by atoms with E-state index in [-0.39, 0.29) is 12.5 Å². The zero-order valence-corrected chi connectivity index (χ0v) is 15.0. The van der Waals surface area contributed by atoms with Gasteiger partial charge in [-0.05, 0) is 30.3 Å². The summed E-state index contributed by atoms with van der Waals surface area (Å²) in [5, 5.41) is 9.81. The SMILES string of the molecule is COc1ccccc1-c1cc(C(=O)NCc2nccnc2-c2ccco2)[nH]n1. The number of hydrogen-bond acceptors (Lipinski definition) is 6. The van der Waals surface area contributed by atoms with Crippen molar-refractivity contribution in [1.29, 1.82) is 0 Å². The monoisotopic (exact) mass is 375 g/mol. The predicted octanol–water partition coefficient (Wildman–Crippen LogP) is 3.07. The van der Waals surface area contributed by atoms with E-state index in [4.69, 9.17) is 9.15 Å². The number of nitrogens with one attached hydrogen (secondary N) is 2. The molecule has 0 spiro atoms. The van der Waals surface area contributed by atoms with Crippen molar-refractivity contribution in [2.45, 2.75) is 6.54 Å². The van der Waals surface area contributed by atoms with E-state index >= 15 is 0 Å². The molecule has 1 amide bonds. The van der Waals surface area contributed by atoms with Crippen LogP contribution in [0.5, 0.6) is 5.75 Å². The molecule has 0 radical (unpaired) electrons. The van der Waals surface area contributed by atoms with Crippen LogP contribution in [-0.2, 0) is 6.54 Å². The van der Waals surface area contributed by atoms with Crippen molar-refractivity contribution < 1.29 is 13.9 Å². The fourth-order valence-electron chi connectivity index (χ4n) is 2.81. The molecule has 0 aliphatic carbocycles. The van der Waals surface area contributed by atoms with Crippen LogP contribution in [0, 0.1) is 0 Å². The normalized spacial score (nSPS) is 10.6. The van der Waals surface area contributed by atoms with Crippen LogP contribution in [0.1, 0.15) is 16.2 Å². The van der Waals surface area contributed by atoms with E-state index in [2.05, 4.69) is 25.5 Å². The van der Waals surface area contributed by atoms with Crippen molar-refractivity contribution in [3.05, 3.63) is 72.5 Å². The summed E-state index contributed by atoms with van der Waals surface area (Å²) in [5.74, 6) is 0.977. The first kappa shape index (κ1) is 17.5. The first-order valence-corrected chi connectivity index (χ1v) is 8.57. The molecule has 8 heteroatoms. The Hall–Kier alpha value is -3.94. The lowest BCUT2D eigenvalue weighted by Gasteiger charge is -2.06. The Balaban J connectivity index is 1.50. The number of carbonyl (C=O) groups excluding carboxylic acids is 1. The van der Waals surface area contributed by atoms with Crippen molar-refractivity contribution in [2.75, 3.05) is 7.11 Å². The number of nitrogens with zero attached hydrogens (tertiary/aromatic N) is 3. The fourth-order valence-corrected chi connectivity index (χ4v) is 2.81. The van der Waals surface area contributed by atoms with Crippen molar-refractivity contribution in [1.82, 2.24) is 25.5 Å². The molecular weight excluding hydrogens is 358 g/mol. The molecule has 0 fully saturated rings. The summed E-state index contributed by atoms with van der Waals surface area (Å²) in [7, 11) is 1.59. The molecule has 28 heavy (non-hydrogen) atoms. The Morgan fingerprint density at radius 2 is 2.04 bits per heavy atom. The van der Waals surface area contributed by atoms with Crippen LogP contribution in [0.3, 0.4) is 0 Å². The zero-order valence-electron chi connectivity index (χ0n) is 15.0. The minimum Gasteiger partial charge on any atom is -0.496 e. The maximum Gasteiger partial charge on any atom is 0.269 e. The summed E-state index contributed by atoms with van der Waals surface area (Å²) in [4.78, 5) is 21.1. The number of H-pyrrole nitrogens is 1. The number of aromatic amines is 1. The molecule has 4 aromatic rings. The van der Waals surface area contributed by atoms with Crippen LogP contribution in [0.15, 0.2) is 65.5 Å². The third-order valence-electron chi connectivity index (χ3n) is 4.15. The molecule has 8 nitrogen and oxygen atoms in total. The highest BCUT2D eigenvalue weighted by atomic mass is 16.5. The van der Waals surface area contributed by atoms with Gasteiger partial charge in [0.2, 0.25) is 0 Å². The number of benzene rings is 1. The Bertz CT molecular complexity index is 1090. The summed E-state index contributed by atoms with van der Waals surface area (Å²) < 4.78 is 10.7. The van der Waals surface area contributed by atoms with Gasteiger partial charge < -0.3 is 14.5 Å². The summed E-state index contributed by atoms with van der Waals surface area (Å²) >= 11 is 0. The second-order valence-corrected chi connectivity index (χ2v) is 5.88. The second kappa shape index (κ2) is 7.75. The van der Waals surface area contributed by atoms with Gasteiger partial charge >= 0.3 is 0 Å². The third-order valence-corrected chi connectivity index (χ3v) is 4.15. The highest BCUT2D eigenvalue weighted by Gasteiger charge is 2.15. The first-order valence-electron chi connectivity index (χ1n) is 8.57. The van der Waals surface area contributed by atoms with Gasteiger partial charge in [-0.3, -0.25) is 14.9 Å². The minimum atomic E-state index is -0.301. The highest BCUT2D eigenvalue weighted by Crippen LogP contribution is 2.28. The molecule has 0 saturated heterocycles. The van der Waals surface area contributed by atoms with Crippen LogP contribution in [0.2, 0.25) is 0 Å². The smallest absolute Gasteiger partial charge is 0.269 e. The molecule has 140 valence electrons. The van der Waals surface area contributed by atoms with E-state index in [0.29, 0.717) is 34.3 Å². The van der Waals surface area contributed by atoms with E-state index in [1.165, 1.54) is 0 Å². The lowest BCUT2D eigenvalue weighted by atomic mass is 10.1. The first-order chi connectivity index (χ1) is 13.8. The van der Waals surface area contributed by atoms with Gasteiger partial charge in [-0.15, -0.1) is 0 Å². The molecule has 3 aromatic heterocycles. The summed E-state index contributed by atoms with van der Waals surface area (Å²) in [6.07, 6.45) is 4.72. The van der Waals surface area contributed by atoms with E-state index in [1.807, 2.05) is 24.3 Å². The Labute approximate surface area is 160 Å². The Morgan fingerprint density at radius 3 is 2.86 bits per heavy atom. The summed E-state index contributed by atoms with van der Waals surface area (Å²) in [5.41, 5.74) is 2.96. The van der Waals surface area contributed by atoms with Crippen molar-refractivity contribution in [3.8, 4) is 28.5 Å². The van der Waals surface area contributed by atoms with Crippen molar-refractivity contribution >= 4 is 5.91 Å². The minimum absolute atomic E-state index is 0.200. The van der Waals surface area contributed by atoms with Crippen LogP contribution in [-0.4, -0.2) is 33.2 Å². The molecule has 0 aliphatic heterocycles. The standard InChI is InChI=1S/C20H17N5O3/c1-27-17-6-3-2-5-13(17)14-11-15(25-24-14)20(26)23-12-16-19(22-9-8-21-16)18-7-4-10-28-18/h2-11H,12H2,1H3,(H,23,26)(H,24,25). The quantitative estimate of drug-likeness (QED) is 0.536. The van der Waals surface area contributed by atoms with E-state index in [1.54, 1.807) is 44.0 Å². The molecule has 0 unspecified atom stereocenters. The van der Waals surface area contributed by atoms with Crippen LogP contribution >= 0.6 is 0 Å². The lowest BCUT2D eigenvalue weighted by molar-refractivity contribution is 0.0945. The molecule has 1 aromatic carbocycles. The van der Waals surface area contributed by atoms with Crippen molar-refractivity contribution in [2.24, 2.45) is 0 Å². The van der Waals surface area contributed by atoms with Crippen LogP contribution < -0.4 is 10.1 Å². The molecule has 0 atom stereocenters. The summed E-state index contributed by atoms with van der Waals surface area (Å²) in [6.45, 7) is 0.200. The number of hydrogen-bond donors (Lipinski definition) is 2. The van der Waals surface area contributed by atoms with Crippen LogP contribution in [0.25, 0.3) is 22.7 Å². The molecule has 3 heterocycles. The number of furan rings is 1. The average molecular weight is 375 g/mol. The molecule has 0 aliphatic rings. The van der Waals surface area contributed by atoms with Gasteiger partial charge in [0.25, 0.3) is 5.91 Å². The van der Waals surface area contributed by atoms with E-state index < -0.39 is 0 Å². The topological polar surface area (TPSA) is 106 Å². The number of amides is 1. The largest absolute Gasteiger partial charge is 0.496 e. The molecule has 0 saturated carbocycles. The highest BCUT2D eigenvalue weighted by molar-refractivity contribution is 5.93. The predicted molar refractivity (Wildman–Crippen MR) is 101 cm³/mol. The van der Waals surface area contributed by atoms with E-state index in [0.717, 1.165) is 5.56 Å². The summed E-state index contributed by atoms with van der Waals surface area (Å²) in [6, 6.07) is 12.7. The molecule has 4 rings (SSSR count). The Kier molecular flexibility index (Phi) is 4.83. The van der Waals surface area contributed by atoms with Gasteiger partial charge in [0, 0.05) is 18.0 Å². The number of methoxy groups -OCH3 is 1. The molecular formula is C20H17N5O3. The van der Waals surface area contributed by atoms with Crippen molar-refractivity contribution in [3.63, 3.8) is 0 Å². The molecule has 2 N–H and O–H groups in total. The van der Waals surface area contributed by atoms with Gasteiger partial charge in [-0.2, -0.15) is 5.10 Å². The third kappa shape index (κ3) is 3.48. The number of ether oxygens (including phenoxy) is 1. The van der Waals surface area contributed by atoms with Crippen LogP contribution in [0.4, 0.5) is 0 Å². The van der Waals surface area contributed by atoms with Gasteiger partial charge in [0.1, 0.15) is 17.1 Å². The number of aromatic nitrogens is 4. The van der Waals surface area contributed by atoms with Gasteiger partial charge in [0.15, 0.2) is 5.76 Å². The molecule has 0 bridgehead atoms.